The zero-order chi connectivity index (χ0) is 14.4. The highest BCUT2D eigenvalue weighted by atomic mass is 16.3. The van der Waals surface area contributed by atoms with Crippen molar-refractivity contribution in [2.24, 2.45) is 5.73 Å². The van der Waals surface area contributed by atoms with Gasteiger partial charge in [0.25, 0.3) is 0 Å². The van der Waals surface area contributed by atoms with Crippen molar-refractivity contribution in [3.63, 3.8) is 0 Å². The highest BCUT2D eigenvalue weighted by Crippen LogP contribution is 2.25. The maximum absolute atomic E-state index is 10.8. The number of primary amides is 1. The average Bonchev–Trinajstić information content (AvgIpc) is 2.46. The average molecular weight is 277 g/mol. The van der Waals surface area contributed by atoms with Crippen LogP contribution in [-0.4, -0.2) is 47.1 Å². The lowest BCUT2D eigenvalue weighted by atomic mass is 9.94. The lowest BCUT2D eigenvalue weighted by Crippen LogP contribution is -2.36. The van der Waals surface area contributed by atoms with Gasteiger partial charge in [-0.15, -0.1) is 0 Å². The molecule has 0 aromatic carbocycles. The Hall–Kier alpha value is -1.46. The van der Waals surface area contributed by atoms with Gasteiger partial charge in [0.1, 0.15) is 0 Å². The van der Waals surface area contributed by atoms with Gasteiger partial charge < -0.3 is 15.7 Å². The summed E-state index contributed by atoms with van der Waals surface area (Å²) in [6.07, 6.45) is 3.22. The van der Waals surface area contributed by atoms with E-state index in [9.17, 15) is 4.79 Å². The fourth-order valence-corrected chi connectivity index (χ4v) is 2.76. The molecule has 110 valence electrons. The number of likely N-dealkylation sites (tertiary alicyclic amines) is 1. The number of pyridine rings is 1. The van der Waals surface area contributed by atoms with Crippen LogP contribution in [0.5, 0.6) is 0 Å². The van der Waals surface area contributed by atoms with Crippen molar-refractivity contribution in [1.82, 2.24) is 9.88 Å². The molecule has 1 aromatic rings. The van der Waals surface area contributed by atoms with Crippen LogP contribution in [0.4, 0.5) is 0 Å². The number of hydrogen-bond acceptors (Lipinski definition) is 4. The number of nitrogens with zero attached hydrogens (tertiary/aromatic N) is 2. The van der Waals surface area contributed by atoms with E-state index in [2.05, 4.69) is 16.0 Å². The van der Waals surface area contributed by atoms with Gasteiger partial charge in [0.2, 0.25) is 5.91 Å². The highest BCUT2D eigenvalue weighted by molar-refractivity contribution is 5.73. The van der Waals surface area contributed by atoms with Crippen LogP contribution < -0.4 is 5.73 Å². The Morgan fingerprint density at radius 2 is 2.35 bits per heavy atom. The summed E-state index contributed by atoms with van der Waals surface area (Å²) < 4.78 is 0. The van der Waals surface area contributed by atoms with Crippen LogP contribution in [0.2, 0.25) is 0 Å². The van der Waals surface area contributed by atoms with E-state index in [0.29, 0.717) is 18.8 Å². The number of aryl methyl sites for hydroxylation is 1. The van der Waals surface area contributed by atoms with Gasteiger partial charge in [-0.3, -0.25) is 9.78 Å². The van der Waals surface area contributed by atoms with Crippen LogP contribution in [0, 0.1) is 0 Å². The van der Waals surface area contributed by atoms with Gasteiger partial charge in [-0.1, -0.05) is 6.07 Å². The van der Waals surface area contributed by atoms with E-state index < -0.39 is 0 Å². The maximum atomic E-state index is 10.8. The first-order valence-electron chi connectivity index (χ1n) is 7.26. The fourth-order valence-electron chi connectivity index (χ4n) is 2.76. The van der Waals surface area contributed by atoms with Gasteiger partial charge in [-0.2, -0.15) is 0 Å². The molecular weight excluding hydrogens is 254 g/mol. The smallest absolute Gasteiger partial charge is 0.217 e. The lowest BCUT2D eigenvalue weighted by molar-refractivity contribution is -0.118. The highest BCUT2D eigenvalue weighted by Gasteiger charge is 2.22. The van der Waals surface area contributed by atoms with Crippen molar-refractivity contribution < 1.29 is 9.90 Å². The second-order valence-corrected chi connectivity index (χ2v) is 5.38. The zero-order valence-corrected chi connectivity index (χ0v) is 11.8. The molecule has 0 saturated carbocycles. The monoisotopic (exact) mass is 277 g/mol. The molecule has 20 heavy (non-hydrogen) atoms. The van der Waals surface area contributed by atoms with E-state index in [-0.39, 0.29) is 12.5 Å². The number of rotatable bonds is 6. The van der Waals surface area contributed by atoms with E-state index in [4.69, 9.17) is 10.8 Å². The van der Waals surface area contributed by atoms with Gasteiger partial charge in [0, 0.05) is 36.8 Å². The van der Waals surface area contributed by atoms with Crippen molar-refractivity contribution in [2.75, 3.05) is 26.2 Å². The third-order valence-corrected chi connectivity index (χ3v) is 3.80. The normalized spacial score (nSPS) is 19.9. The molecule has 0 unspecified atom stereocenters. The van der Waals surface area contributed by atoms with Gasteiger partial charge in [0.05, 0.1) is 6.61 Å². The largest absolute Gasteiger partial charge is 0.395 e. The number of piperidine rings is 1. The molecule has 2 rings (SSSR count). The lowest BCUT2D eigenvalue weighted by Gasteiger charge is -2.32. The van der Waals surface area contributed by atoms with E-state index >= 15 is 0 Å². The van der Waals surface area contributed by atoms with Gasteiger partial charge >= 0.3 is 0 Å². The number of carbonyl (C=O) groups is 1. The Morgan fingerprint density at radius 1 is 1.50 bits per heavy atom. The zero-order valence-electron chi connectivity index (χ0n) is 11.8. The fraction of sp³-hybridized carbons (Fsp3) is 0.600. The Kier molecular flexibility index (Phi) is 5.49. The van der Waals surface area contributed by atoms with Crippen molar-refractivity contribution >= 4 is 5.91 Å². The number of aromatic nitrogens is 1. The molecule has 1 atom stereocenters. The van der Waals surface area contributed by atoms with E-state index in [1.807, 2.05) is 12.1 Å². The van der Waals surface area contributed by atoms with Crippen molar-refractivity contribution in [2.45, 2.75) is 31.6 Å². The van der Waals surface area contributed by atoms with Crippen molar-refractivity contribution in [1.29, 1.82) is 0 Å². The van der Waals surface area contributed by atoms with Crippen LogP contribution in [0.3, 0.4) is 0 Å². The molecule has 2 heterocycles. The molecule has 0 radical (unpaired) electrons. The first-order valence-corrected chi connectivity index (χ1v) is 7.26. The van der Waals surface area contributed by atoms with Crippen LogP contribution in [-0.2, 0) is 11.2 Å². The van der Waals surface area contributed by atoms with E-state index in [1.54, 1.807) is 0 Å². The number of hydrogen-bond donors (Lipinski definition) is 2. The number of nitrogens with two attached hydrogens (primary N) is 1. The second kappa shape index (κ2) is 7.36. The molecule has 1 aromatic heterocycles. The molecule has 1 saturated heterocycles. The minimum Gasteiger partial charge on any atom is -0.395 e. The van der Waals surface area contributed by atoms with Crippen LogP contribution in [0.1, 0.15) is 36.6 Å². The standard InChI is InChI=1S/C15H23N3O2/c16-15(20)7-6-13-4-1-5-14(17-13)12-3-2-8-18(11-12)9-10-19/h1,4-5,12,19H,2-3,6-11H2,(H2,16,20)/t12-/m0/s1. The molecule has 5 nitrogen and oxygen atoms in total. The Bertz CT molecular complexity index is 448. The van der Waals surface area contributed by atoms with Gasteiger partial charge in [-0.05, 0) is 37.9 Å². The summed E-state index contributed by atoms with van der Waals surface area (Å²) in [5.41, 5.74) is 7.20. The number of aliphatic hydroxyl groups is 1. The van der Waals surface area contributed by atoms with Crippen LogP contribution >= 0.6 is 0 Å². The molecule has 1 aliphatic rings. The molecule has 1 amide bonds. The van der Waals surface area contributed by atoms with Crippen molar-refractivity contribution in [3.8, 4) is 0 Å². The number of carbonyl (C=O) groups excluding carboxylic acids is 1. The predicted octanol–water partition coefficient (Wildman–Crippen LogP) is 0.671. The number of amides is 1. The summed E-state index contributed by atoms with van der Waals surface area (Å²) in [5.74, 6) is 0.132. The number of aliphatic hydroxyl groups excluding tert-OH is 1. The summed E-state index contributed by atoms with van der Waals surface area (Å²) in [6, 6.07) is 6.01. The summed E-state index contributed by atoms with van der Waals surface area (Å²) in [5, 5.41) is 9.04. The van der Waals surface area contributed by atoms with Gasteiger partial charge in [0.15, 0.2) is 0 Å². The summed E-state index contributed by atoms with van der Waals surface area (Å²) in [6.45, 7) is 2.95. The maximum Gasteiger partial charge on any atom is 0.217 e. The minimum atomic E-state index is -0.288. The Balaban J connectivity index is 2.00. The number of β-amino-alcohol motifs (C(OH)–C–C–N with tert-alkyl or cyclic N) is 1. The van der Waals surface area contributed by atoms with Crippen LogP contribution in [0.15, 0.2) is 18.2 Å². The molecule has 0 aliphatic carbocycles. The molecular formula is C15H23N3O2. The first kappa shape index (κ1) is 14.9. The molecule has 0 spiro atoms. The van der Waals surface area contributed by atoms with Crippen LogP contribution in [0.25, 0.3) is 0 Å². The van der Waals surface area contributed by atoms with E-state index in [1.165, 1.54) is 0 Å². The molecule has 1 aliphatic heterocycles. The summed E-state index contributed by atoms with van der Waals surface area (Å²) >= 11 is 0. The third-order valence-electron chi connectivity index (χ3n) is 3.80. The first-order chi connectivity index (χ1) is 9.69. The molecule has 3 N–H and O–H groups in total. The molecule has 5 heteroatoms. The third kappa shape index (κ3) is 4.28. The Labute approximate surface area is 119 Å². The topological polar surface area (TPSA) is 79.5 Å². The summed E-state index contributed by atoms with van der Waals surface area (Å²) in [4.78, 5) is 17.8. The summed E-state index contributed by atoms with van der Waals surface area (Å²) in [7, 11) is 0. The predicted molar refractivity (Wildman–Crippen MR) is 77.3 cm³/mol. The Morgan fingerprint density at radius 3 is 3.10 bits per heavy atom. The minimum absolute atomic E-state index is 0.207. The SMILES string of the molecule is NC(=O)CCc1cccc([C@H]2CCCN(CCO)C2)n1. The van der Waals surface area contributed by atoms with E-state index in [0.717, 1.165) is 43.9 Å². The molecule has 0 bridgehead atoms. The van der Waals surface area contributed by atoms with Crippen molar-refractivity contribution in [3.05, 3.63) is 29.6 Å². The molecule has 1 fully saturated rings. The quantitative estimate of drug-likeness (QED) is 0.801. The van der Waals surface area contributed by atoms with Gasteiger partial charge in [-0.25, -0.2) is 0 Å². The second-order valence-electron chi connectivity index (χ2n) is 5.38.